The number of esters is 1. The average molecular weight is 863 g/mol. The van der Waals surface area contributed by atoms with Gasteiger partial charge < -0.3 is 24.8 Å². The summed E-state index contributed by atoms with van der Waals surface area (Å²) in [6.45, 7) is 30.6. The zero-order valence-electron chi connectivity index (χ0n) is 40.8. The van der Waals surface area contributed by atoms with Gasteiger partial charge >= 0.3 is 5.97 Å². The molecule has 0 saturated carbocycles. The first-order chi connectivity index (χ1) is 29.9. The zero-order valence-corrected chi connectivity index (χ0v) is 40.8. The van der Waals surface area contributed by atoms with Gasteiger partial charge in [-0.2, -0.15) is 0 Å². The standard InChI is InChI=1S/C58H70O6/c1-31(2)43-26-47(35(9)20-51(43)59)56(48-27-44(32(3)4)52(60)21-36(48)10)41-18-16-40-25-42(19-17-39(40)24-41)57(49-28-45(33(5)6)53(61)22-37(49)11)50-29-46(34(7)8)54(23-38(50)12)63-30-55(62)64-58(13,14)15/h16-29,31-34,56-57,59-61H,30H2,1-15H3. The molecule has 0 spiro atoms. The lowest BCUT2D eigenvalue weighted by Gasteiger charge is -2.27. The van der Waals surface area contributed by atoms with Crippen molar-refractivity contribution in [1.82, 2.24) is 0 Å². The molecule has 6 heteroatoms. The normalized spacial score (nSPS) is 12.6. The van der Waals surface area contributed by atoms with Gasteiger partial charge in [0.25, 0.3) is 0 Å². The Bertz CT molecular complexity index is 2630. The van der Waals surface area contributed by atoms with E-state index in [1.807, 2.05) is 39.0 Å². The molecule has 0 bridgehead atoms. The van der Waals surface area contributed by atoms with Gasteiger partial charge in [0.15, 0.2) is 6.61 Å². The van der Waals surface area contributed by atoms with Crippen LogP contribution in [0.2, 0.25) is 0 Å². The lowest BCUT2D eigenvalue weighted by atomic mass is 9.77. The number of hydrogen-bond acceptors (Lipinski definition) is 6. The van der Waals surface area contributed by atoms with Gasteiger partial charge in [-0.25, -0.2) is 4.79 Å². The molecule has 1 unspecified atom stereocenters. The molecule has 338 valence electrons. The van der Waals surface area contributed by atoms with Crippen LogP contribution < -0.4 is 4.74 Å². The van der Waals surface area contributed by atoms with Gasteiger partial charge in [0.1, 0.15) is 28.6 Å². The fraction of sp³-hybridized carbons (Fsp3) is 0.397. The molecule has 0 aliphatic heterocycles. The van der Waals surface area contributed by atoms with Crippen LogP contribution in [0.15, 0.2) is 84.9 Å². The first-order valence-electron chi connectivity index (χ1n) is 23.0. The molecule has 0 saturated heterocycles. The van der Waals surface area contributed by atoms with Crippen LogP contribution in [0.25, 0.3) is 10.8 Å². The summed E-state index contributed by atoms with van der Waals surface area (Å²) in [7, 11) is 0. The second-order valence-corrected chi connectivity index (χ2v) is 20.3. The Labute approximate surface area is 382 Å². The second-order valence-electron chi connectivity index (χ2n) is 20.3. The van der Waals surface area contributed by atoms with Crippen molar-refractivity contribution in [3.8, 4) is 23.0 Å². The van der Waals surface area contributed by atoms with E-state index in [2.05, 4.69) is 150 Å². The number of ether oxygens (including phenoxy) is 2. The van der Waals surface area contributed by atoms with Crippen LogP contribution in [-0.4, -0.2) is 33.5 Å². The van der Waals surface area contributed by atoms with Gasteiger partial charge in [-0.1, -0.05) is 116 Å². The van der Waals surface area contributed by atoms with Gasteiger partial charge in [-0.3, -0.25) is 0 Å². The lowest BCUT2D eigenvalue weighted by Crippen LogP contribution is -2.27. The minimum Gasteiger partial charge on any atom is -0.508 e. The Balaban J connectivity index is 1.55. The topological polar surface area (TPSA) is 96.2 Å². The molecule has 64 heavy (non-hydrogen) atoms. The van der Waals surface area contributed by atoms with Crippen LogP contribution in [0.1, 0.15) is 190 Å². The molecule has 3 N–H and O–H groups in total. The molecule has 0 aromatic heterocycles. The highest BCUT2D eigenvalue weighted by atomic mass is 16.6. The number of aromatic hydroxyl groups is 3. The van der Waals surface area contributed by atoms with E-state index < -0.39 is 11.6 Å². The largest absolute Gasteiger partial charge is 0.508 e. The van der Waals surface area contributed by atoms with E-state index in [4.69, 9.17) is 9.47 Å². The van der Waals surface area contributed by atoms with Gasteiger partial charge in [0, 0.05) is 11.8 Å². The van der Waals surface area contributed by atoms with Crippen LogP contribution in [0, 0.1) is 27.7 Å². The van der Waals surface area contributed by atoms with Crippen molar-refractivity contribution in [3.63, 3.8) is 0 Å². The van der Waals surface area contributed by atoms with E-state index in [0.29, 0.717) is 23.0 Å². The highest BCUT2D eigenvalue weighted by Crippen LogP contribution is 2.45. The van der Waals surface area contributed by atoms with Crippen LogP contribution in [0.5, 0.6) is 23.0 Å². The van der Waals surface area contributed by atoms with E-state index in [1.54, 1.807) is 0 Å². The Hall–Kier alpha value is -5.75. The smallest absolute Gasteiger partial charge is 0.344 e. The molecule has 1 atom stereocenters. The maximum Gasteiger partial charge on any atom is 0.344 e. The van der Waals surface area contributed by atoms with E-state index in [9.17, 15) is 20.1 Å². The molecule has 6 aromatic carbocycles. The van der Waals surface area contributed by atoms with Crippen LogP contribution in [-0.2, 0) is 9.53 Å². The monoisotopic (exact) mass is 863 g/mol. The van der Waals surface area contributed by atoms with Crippen molar-refractivity contribution in [2.24, 2.45) is 0 Å². The summed E-state index contributed by atoms with van der Waals surface area (Å²) >= 11 is 0. The van der Waals surface area contributed by atoms with Crippen molar-refractivity contribution in [3.05, 3.63) is 163 Å². The number of carbonyl (C=O) groups excluding carboxylic acids is 1. The molecule has 0 aliphatic rings. The van der Waals surface area contributed by atoms with Crippen molar-refractivity contribution in [2.75, 3.05) is 6.61 Å². The first kappa shape index (κ1) is 47.7. The number of carbonyl (C=O) groups is 1. The van der Waals surface area contributed by atoms with Gasteiger partial charge in [0.05, 0.1) is 0 Å². The molecular weight excluding hydrogens is 793 g/mol. The number of aryl methyl sites for hydroxylation is 4. The highest BCUT2D eigenvalue weighted by molar-refractivity contribution is 5.85. The van der Waals surface area contributed by atoms with Crippen molar-refractivity contribution in [2.45, 2.75) is 145 Å². The van der Waals surface area contributed by atoms with Crippen molar-refractivity contribution >= 4 is 16.7 Å². The summed E-state index contributed by atoms with van der Waals surface area (Å²) in [4.78, 5) is 12.7. The Morgan fingerprint density at radius 1 is 0.469 bits per heavy atom. The predicted molar refractivity (Wildman–Crippen MR) is 263 cm³/mol. The minimum atomic E-state index is -0.610. The molecule has 0 aliphatic carbocycles. The van der Waals surface area contributed by atoms with Crippen molar-refractivity contribution < 1.29 is 29.6 Å². The number of rotatable bonds is 13. The molecular formula is C58H70O6. The van der Waals surface area contributed by atoms with Crippen molar-refractivity contribution in [1.29, 1.82) is 0 Å². The van der Waals surface area contributed by atoms with E-state index in [1.165, 1.54) is 0 Å². The Morgan fingerprint density at radius 2 is 0.797 bits per heavy atom. The summed E-state index contributed by atoms with van der Waals surface area (Å²) in [5, 5.41) is 35.4. The fourth-order valence-electron chi connectivity index (χ4n) is 9.31. The summed E-state index contributed by atoms with van der Waals surface area (Å²) < 4.78 is 11.8. The van der Waals surface area contributed by atoms with Crippen LogP contribution in [0.4, 0.5) is 0 Å². The third-order valence-electron chi connectivity index (χ3n) is 12.7. The molecule has 6 rings (SSSR count). The molecule has 6 nitrogen and oxygen atoms in total. The van der Waals surface area contributed by atoms with Crippen LogP contribution >= 0.6 is 0 Å². The summed E-state index contributed by atoms with van der Waals surface area (Å²) in [6, 6.07) is 30.0. The molecule has 6 aromatic rings. The number of benzene rings is 6. The number of phenolic OH excluding ortho intramolecular Hbond substituents is 3. The molecule has 0 heterocycles. The Morgan fingerprint density at radius 3 is 1.12 bits per heavy atom. The van der Waals surface area contributed by atoms with E-state index >= 15 is 0 Å². The maximum atomic E-state index is 12.7. The number of phenols is 3. The lowest BCUT2D eigenvalue weighted by molar-refractivity contribution is -0.157. The third kappa shape index (κ3) is 10.1. The summed E-state index contributed by atoms with van der Waals surface area (Å²) in [6.07, 6.45) is 0. The van der Waals surface area contributed by atoms with Gasteiger partial charge in [0.2, 0.25) is 0 Å². The first-order valence-corrected chi connectivity index (χ1v) is 23.0. The quantitative estimate of drug-likeness (QED) is 0.0791. The summed E-state index contributed by atoms with van der Waals surface area (Å²) in [5.74, 6) is 1.31. The SMILES string of the molecule is Cc1cc(O)c(C(C)C)cc1C(c1ccc2cc(C(c3cc(C(C)C)c(O)cc3C)c3cc(C(C)C)c(OCC(=O)OC(C)(C)C)cc3C)ccc2c1)c1cc(C(C)C)c(O)cc1C. The fourth-order valence-corrected chi connectivity index (χ4v) is 9.31. The highest BCUT2D eigenvalue weighted by Gasteiger charge is 2.28. The molecule has 0 radical (unpaired) electrons. The number of fused-ring (bicyclic) bond motifs is 1. The van der Waals surface area contributed by atoms with E-state index in [-0.39, 0.29) is 42.1 Å². The molecule has 0 amide bonds. The summed E-state index contributed by atoms with van der Waals surface area (Å²) in [5.41, 5.74) is 13.9. The van der Waals surface area contributed by atoms with Gasteiger partial charge in [-0.05, 0) is 185 Å². The zero-order chi connectivity index (χ0) is 47.1. The number of hydrogen-bond donors (Lipinski definition) is 3. The third-order valence-corrected chi connectivity index (χ3v) is 12.7. The van der Waals surface area contributed by atoms with E-state index in [0.717, 1.165) is 88.7 Å². The molecule has 0 fully saturated rings. The predicted octanol–water partition coefficient (Wildman–Crippen LogP) is 14.8. The minimum absolute atomic E-state index is 0.103. The van der Waals surface area contributed by atoms with Crippen LogP contribution in [0.3, 0.4) is 0 Å². The second kappa shape index (κ2) is 18.8. The average Bonchev–Trinajstić information content (AvgIpc) is 3.18. The Kier molecular flexibility index (Phi) is 14.0. The maximum absolute atomic E-state index is 12.7. The van der Waals surface area contributed by atoms with Gasteiger partial charge in [-0.15, -0.1) is 0 Å².